The standard InChI is InChI=1S/C25H34N2O5S2/c1-16-10-11-25(24(3,30)21(28)15-34-25)13-22(29)26-17(2)23-27-18(14-33-23)8-6-7-9-19(31-4)20(12-16)32-5/h6-9,12,14,17,19-20,30H,10-11,13,15H2,1-5H3,(H,26,29)/b8-6+,9-7-,16-12+/t17-,19?,20-,24+,25-/m1/s1. The number of carbonyl (C=O) groups is 2. The number of rotatable bonds is 2. The Morgan fingerprint density at radius 2 is 1.94 bits per heavy atom. The van der Waals surface area contributed by atoms with Crippen LogP contribution in [0.25, 0.3) is 6.08 Å². The van der Waals surface area contributed by atoms with E-state index >= 15 is 0 Å². The number of thioether (sulfide) groups is 1. The first-order valence-corrected chi connectivity index (χ1v) is 13.2. The van der Waals surface area contributed by atoms with E-state index in [0.29, 0.717) is 12.8 Å². The molecule has 7 nitrogen and oxygen atoms in total. The number of fused-ring (bicyclic) bond motifs is 2. The Morgan fingerprint density at radius 3 is 2.59 bits per heavy atom. The van der Waals surface area contributed by atoms with Crippen LogP contribution >= 0.6 is 23.1 Å². The van der Waals surface area contributed by atoms with Crippen LogP contribution in [-0.4, -0.2) is 64.3 Å². The molecule has 1 amide bonds. The number of nitrogens with zero attached hydrogens (tertiary/aromatic N) is 1. The van der Waals surface area contributed by atoms with Crippen molar-refractivity contribution in [3.05, 3.63) is 46.0 Å². The molecular formula is C25H34N2O5S2. The van der Waals surface area contributed by atoms with Crippen LogP contribution in [0, 0.1) is 0 Å². The number of thiazole rings is 1. The van der Waals surface area contributed by atoms with Crippen LogP contribution < -0.4 is 5.32 Å². The Morgan fingerprint density at radius 1 is 1.21 bits per heavy atom. The second-order valence-electron chi connectivity index (χ2n) is 9.01. The molecule has 0 aliphatic carbocycles. The van der Waals surface area contributed by atoms with Crippen LogP contribution in [0.2, 0.25) is 0 Å². The van der Waals surface area contributed by atoms with Crippen LogP contribution in [-0.2, 0) is 19.1 Å². The van der Waals surface area contributed by atoms with E-state index in [1.54, 1.807) is 21.1 Å². The lowest BCUT2D eigenvalue weighted by atomic mass is 9.79. The fourth-order valence-corrected chi connectivity index (χ4v) is 6.62. The Bertz CT molecular complexity index is 984. The molecular weight excluding hydrogens is 472 g/mol. The molecule has 34 heavy (non-hydrogen) atoms. The van der Waals surface area contributed by atoms with Gasteiger partial charge in [-0.15, -0.1) is 23.1 Å². The molecule has 0 aromatic carbocycles. The maximum atomic E-state index is 13.1. The molecule has 2 aliphatic rings. The summed E-state index contributed by atoms with van der Waals surface area (Å²) < 4.78 is 10.4. The van der Waals surface area contributed by atoms with Crippen molar-refractivity contribution in [3.63, 3.8) is 0 Å². The number of aromatic nitrogens is 1. The molecule has 9 heteroatoms. The number of hydrogen-bond donors (Lipinski definition) is 2. The SMILES string of the molecule is COC1/C=C\C=C\c2csc(n2)[C@@H](C)NC(=O)C[C@@]2(CC/C(C)=C/[C@H]1OC)SCC(=O)[C@]2(C)O. The van der Waals surface area contributed by atoms with Gasteiger partial charge < -0.3 is 19.9 Å². The van der Waals surface area contributed by atoms with Gasteiger partial charge >= 0.3 is 0 Å². The highest BCUT2D eigenvalue weighted by atomic mass is 32.2. The predicted octanol–water partition coefficient (Wildman–Crippen LogP) is 3.86. The van der Waals surface area contributed by atoms with Crippen LogP contribution in [0.5, 0.6) is 0 Å². The van der Waals surface area contributed by atoms with Crippen molar-refractivity contribution in [1.29, 1.82) is 0 Å². The molecule has 2 N–H and O–H groups in total. The fraction of sp³-hybridized carbons (Fsp3) is 0.560. The smallest absolute Gasteiger partial charge is 0.222 e. The summed E-state index contributed by atoms with van der Waals surface area (Å²) in [5.74, 6) is -0.252. The van der Waals surface area contributed by atoms with Gasteiger partial charge in [-0.3, -0.25) is 9.59 Å². The number of aliphatic hydroxyl groups is 1. The van der Waals surface area contributed by atoms with Crippen LogP contribution in [0.1, 0.15) is 56.8 Å². The van der Waals surface area contributed by atoms with E-state index in [2.05, 4.69) is 10.3 Å². The highest BCUT2D eigenvalue weighted by molar-refractivity contribution is 8.02. The summed E-state index contributed by atoms with van der Waals surface area (Å²) >= 11 is 2.85. The van der Waals surface area contributed by atoms with E-state index in [1.165, 1.54) is 23.1 Å². The van der Waals surface area contributed by atoms with E-state index in [1.807, 2.05) is 49.6 Å². The van der Waals surface area contributed by atoms with Crippen molar-refractivity contribution >= 4 is 40.9 Å². The van der Waals surface area contributed by atoms with Gasteiger partial charge in [0.05, 0.1) is 22.2 Å². The topological polar surface area (TPSA) is 97.8 Å². The van der Waals surface area contributed by atoms with Gasteiger partial charge in [-0.05, 0) is 39.7 Å². The average molecular weight is 507 g/mol. The van der Waals surface area contributed by atoms with Gasteiger partial charge in [0.1, 0.15) is 22.8 Å². The summed E-state index contributed by atoms with van der Waals surface area (Å²) in [6, 6.07) is -0.278. The zero-order chi connectivity index (χ0) is 24.9. The van der Waals surface area contributed by atoms with Crippen molar-refractivity contribution in [3.8, 4) is 0 Å². The van der Waals surface area contributed by atoms with Crippen LogP contribution in [0.3, 0.4) is 0 Å². The first-order valence-electron chi connectivity index (χ1n) is 11.3. The summed E-state index contributed by atoms with van der Waals surface area (Å²) in [6.07, 6.45) is 10.2. The Balaban J connectivity index is 1.97. The number of carbonyl (C=O) groups excluding carboxylic acids is 2. The quantitative estimate of drug-likeness (QED) is 0.588. The third kappa shape index (κ3) is 5.88. The largest absolute Gasteiger partial charge is 0.381 e. The van der Waals surface area contributed by atoms with Gasteiger partial charge in [-0.1, -0.05) is 29.9 Å². The van der Waals surface area contributed by atoms with E-state index in [-0.39, 0.29) is 42.1 Å². The van der Waals surface area contributed by atoms with E-state index < -0.39 is 10.3 Å². The molecule has 0 saturated carbocycles. The number of amides is 1. The van der Waals surface area contributed by atoms with Crippen molar-refractivity contribution in [2.24, 2.45) is 0 Å². The molecule has 1 saturated heterocycles. The predicted molar refractivity (Wildman–Crippen MR) is 137 cm³/mol. The van der Waals surface area contributed by atoms with E-state index in [0.717, 1.165) is 16.3 Å². The molecule has 1 spiro atoms. The number of hydrogen-bond acceptors (Lipinski definition) is 8. The third-order valence-corrected chi connectivity index (χ3v) is 9.31. The van der Waals surface area contributed by atoms with Gasteiger partial charge in [-0.25, -0.2) is 4.98 Å². The molecule has 1 unspecified atom stereocenters. The number of allylic oxidation sites excluding steroid dienone is 3. The molecule has 2 aliphatic heterocycles. The lowest BCUT2D eigenvalue weighted by Crippen LogP contribution is -2.52. The van der Waals surface area contributed by atoms with Gasteiger partial charge in [0.15, 0.2) is 5.78 Å². The molecule has 5 atom stereocenters. The first kappa shape index (κ1) is 26.8. The average Bonchev–Trinajstić information content (AvgIpc) is 3.35. The van der Waals surface area contributed by atoms with Crippen molar-refractivity contribution < 1.29 is 24.2 Å². The lowest BCUT2D eigenvalue weighted by Gasteiger charge is -2.38. The summed E-state index contributed by atoms with van der Waals surface area (Å²) in [6.45, 7) is 5.42. The summed E-state index contributed by atoms with van der Waals surface area (Å²) in [4.78, 5) is 30.2. The van der Waals surface area contributed by atoms with Gasteiger partial charge in [0, 0.05) is 26.0 Å². The summed E-state index contributed by atoms with van der Waals surface area (Å²) in [7, 11) is 3.27. The molecule has 0 radical (unpaired) electrons. The van der Waals surface area contributed by atoms with E-state index in [4.69, 9.17) is 9.47 Å². The molecule has 3 heterocycles. The second-order valence-corrected chi connectivity index (χ2v) is 11.3. The molecule has 1 aromatic heterocycles. The van der Waals surface area contributed by atoms with Crippen LogP contribution in [0.15, 0.2) is 35.3 Å². The normalized spacial score (nSPS) is 36.9. The minimum Gasteiger partial charge on any atom is -0.381 e. The molecule has 1 aromatic rings. The van der Waals surface area contributed by atoms with Crippen LogP contribution in [0.4, 0.5) is 0 Å². The first-order chi connectivity index (χ1) is 16.1. The van der Waals surface area contributed by atoms with E-state index in [9.17, 15) is 14.7 Å². The van der Waals surface area contributed by atoms with Crippen molar-refractivity contribution in [2.45, 2.75) is 68.6 Å². The zero-order valence-electron chi connectivity index (χ0n) is 20.4. The molecule has 2 bridgehead atoms. The zero-order valence-corrected chi connectivity index (χ0v) is 22.0. The van der Waals surface area contributed by atoms with Crippen molar-refractivity contribution in [1.82, 2.24) is 10.3 Å². The number of methoxy groups -OCH3 is 2. The Kier molecular flexibility index (Phi) is 8.92. The summed E-state index contributed by atoms with van der Waals surface area (Å²) in [5.41, 5.74) is 0.254. The Labute approximate surface area is 209 Å². The highest BCUT2D eigenvalue weighted by Gasteiger charge is 2.57. The maximum Gasteiger partial charge on any atom is 0.222 e. The number of nitrogens with one attached hydrogen (secondary N) is 1. The maximum absolute atomic E-state index is 13.1. The number of Topliss-reactive ketones (excluding diaryl/α,β-unsaturated/α-hetero) is 1. The lowest BCUT2D eigenvalue weighted by molar-refractivity contribution is -0.136. The monoisotopic (exact) mass is 506 g/mol. The number of ketones is 1. The second kappa shape index (κ2) is 11.3. The minimum atomic E-state index is -1.59. The fourth-order valence-electron chi connectivity index (χ4n) is 4.27. The Hall–Kier alpha value is -1.78. The highest BCUT2D eigenvalue weighted by Crippen LogP contribution is 2.50. The van der Waals surface area contributed by atoms with Crippen molar-refractivity contribution in [2.75, 3.05) is 20.0 Å². The third-order valence-electron chi connectivity index (χ3n) is 6.56. The number of ether oxygens (including phenoxy) is 2. The van der Waals surface area contributed by atoms with Gasteiger partial charge in [0.25, 0.3) is 0 Å². The molecule has 186 valence electrons. The summed E-state index contributed by atoms with van der Waals surface area (Å²) in [5, 5.41) is 16.9. The van der Waals surface area contributed by atoms with Gasteiger partial charge in [0.2, 0.25) is 5.91 Å². The molecule has 3 rings (SSSR count). The molecule has 1 fully saturated rings. The van der Waals surface area contributed by atoms with Gasteiger partial charge in [-0.2, -0.15) is 0 Å². The minimum absolute atomic E-state index is 0.0449.